The summed E-state index contributed by atoms with van der Waals surface area (Å²) in [7, 11) is -3.76. The molecule has 0 fully saturated rings. The van der Waals surface area contributed by atoms with E-state index < -0.39 is 16.0 Å². The lowest BCUT2D eigenvalue weighted by Crippen LogP contribution is -2.13. The highest BCUT2D eigenvalue weighted by molar-refractivity contribution is 7.93. The highest BCUT2D eigenvalue weighted by Crippen LogP contribution is 2.37. The van der Waals surface area contributed by atoms with E-state index in [1.54, 1.807) is 43.4 Å². The van der Waals surface area contributed by atoms with Gasteiger partial charge < -0.3 is 4.74 Å². The van der Waals surface area contributed by atoms with Crippen LogP contribution in [0.25, 0.3) is 9.88 Å². The fourth-order valence-electron chi connectivity index (χ4n) is 2.51. The number of nitrogens with zero attached hydrogens (tertiary/aromatic N) is 1. The molecule has 0 bridgehead atoms. The summed E-state index contributed by atoms with van der Waals surface area (Å²) in [6.07, 6.45) is 0. The van der Waals surface area contributed by atoms with E-state index in [2.05, 4.69) is 9.71 Å². The molecule has 0 saturated carbocycles. The fraction of sp³-hybridized carbons (Fsp3) is 0.263. The first-order valence-electron chi connectivity index (χ1n) is 8.56. The monoisotopic (exact) mass is 436 g/mol. The summed E-state index contributed by atoms with van der Waals surface area (Å²) in [5.74, 6) is -0.440. The van der Waals surface area contributed by atoms with Gasteiger partial charge in [0.1, 0.15) is 9.90 Å². The van der Waals surface area contributed by atoms with Crippen LogP contribution in [0.1, 0.15) is 32.7 Å². The van der Waals surface area contributed by atoms with Crippen LogP contribution < -0.4 is 4.72 Å². The van der Waals surface area contributed by atoms with E-state index in [1.807, 2.05) is 13.8 Å². The maximum atomic E-state index is 12.8. The third-order valence-corrected chi connectivity index (χ3v) is 7.98. The largest absolute Gasteiger partial charge is 0.462 e. The lowest BCUT2D eigenvalue weighted by molar-refractivity contribution is 0.0526. The van der Waals surface area contributed by atoms with Gasteiger partial charge in [0.2, 0.25) is 0 Å². The summed E-state index contributed by atoms with van der Waals surface area (Å²) < 4.78 is 33.2. The number of esters is 1. The van der Waals surface area contributed by atoms with E-state index in [0.29, 0.717) is 16.1 Å². The van der Waals surface area contributed by atoms with Crippen LogP contribution in [0.5, 0.6) is 0 Å². The number of anilines is 1. The molecule has 28 heavy (non-hydrogen) atoms. The molecular formula is C19H20N2O4S3. The molecule has 3 rings (SSSR count). The summed E-state index contributed by atoms with van der Waals surface area (Å²) in [4.78, 5) is 19.1. The van der Waals surface area contributed by atoms with E-state index in [4.69, 9.17) is 4.74 Å². The molecule has 3 aromatic rings. The number of hydrogen-bond donors (Lipinski definition) is 1. The molecule has 1 N–H and O–H groups in total. The zero-order chi connectivity index (χ0) is 20.5. The molecule has 0 atom stereocenters. The average molecular weight is 437 g/mol. The van der Waals surface area contributed by atoms with Gasteiger partial charge in [-0.2, -0.15) is 0 Å². The fourth-order valence-corrected chi connectivity index (χ4v) is 6.13. The molecule has 0 aliphatic rings. The summed E-state index contributed by atoms with van der Waals surface area (Å²) in [6.45, 7) is 7.72. The standard InChI is InChI=1S/C19H20N2O4S3/c1-5-25-19(22)14-6-8-15(9-7-14)21-28(23,24)17-10-16(26-13(17)4)18-20-11(2)12(3)27-18/h6-10,21H,5H2,1-4H3. The summed E-state index contributed by atoms with van der Waals surface area (Å²) >= 11 is 2.96. The molecule has 2 aromatic heterocycles. The lowest BCUT2D eigenvalue weighted by atomic mass is 10.2. The number of nitrogens with one attached hydrogen (secondary N) is 1. The van der Waals surface area contributed by atoms with Crippen molar-refractivity contribution in [2.75, 3.05) is 11.3 Å². The number of thiophene rings is 1. The number of ether oxygens (including phenoxy) is 1. The minimum absolute atomic E-state index is 0.229. The first-order chi connectivity index (χ1) is 13.2. The molecule has 0 spiro atoms. The SMILES string of the molecule is CCOC(=O)c1ccc(NS(=O)(=O)c2cc(-c3nc(C)c(C)s3)sc2C)cc1. The van der Waals surface area contributed by atoms with E-state index in [9.17, 15) is 13.2 Å². The van der Waals surface area contributed by atoms with Gasteiger partial charge in [-0.1, -0.05) is 0 Å². The van der Waals surface area contributed by atoms with Crippen LogP contribution in [-0.4, -0.2) is 26.0 Å². The van der Waals surface area contributed by atoms with Crippen molar-refractivity contribution in [3.8, 4) is 9.88 Å². The van der Waals surface area contributed by atoms with E-state index in [-0.39, 0.29) is 11.5 Å². The van der Waals surface area contributed by atoms with Crippen molar-refractivity contribution in [1.82, 2.24) is 4.98 Å². The number of aromatic nitrogens is 1. The van der Waals surface area contributed by atoms with Crippen LogP contribution in [0.3, 0.4) is 0 Å². The zero-order valence-corrected chi connectivity index (χ0v) is 18.3. The van der Waals surface area contributed by atoms with Gasteiger partial charge in [-0.25, -0.2) is 18.2 Å². The number of aryl methyl sites for hydroxylation is 3. The Morgan fingerprint density at radius 1 is 1.11 bits per heavy atom. The molecule has 0 saturated heterocycles. The van der Waals surface area contributed by atoms with Crippen molar-refractivity contribution >= 4 is 44.4 Å². The Bertz CT molecular complexity index is 1090. The van der Waals surface area contributed by atoms with Crippen molar-refractivity contribution < 1.29 is 17.9 Å². The number of carbonyl (C=O) groups is 1. The number of hydrogen-bond acceptors (Lipinski definition) is 7. The predicted octanol–water partition coefficient (Wildman–Crippen LogP) is 4.77. The third kappa shape index (κ3) is 4.26. The van der Waals surface area contributed by atoms with Crippen molar-refractivity contribution in [3.63, 3.8) is 0 Å². The maximum absolute atomic E-state index is 12.8. The number of sulfonamides is 1. The summed E-state index contributed by atoms with van der Waals surface area (Å²) in [6, 6.07) is 7.80. The van der Waals surface area contributed by atoms with Crippen LogP contribution in [0.4, 0.5) is 5.69 Å². The number of carbonyl (C=O) groups excluding carboxylic acids is 1. The van der Waals surface area contributed by atoms with Crippen molar-refractivity contribution in [3.05, 3.63) is 51.3 Å². The van der Waals surface area contributed by atoms with E-state index in [1.165, 1.54) is 23.5 Å². The van der Waals surface area contributed by atoms with Gasteiger partial charge in [0, 0.05) is 15.4 Å². The smallest absolute Gasteiger partial charge is 0.338 e. The summed E-state index contributed by atoms with van der Waals surface area (Å²) in [5.41, 5.74) is 1.70. The molecule has 0 aliphatic heterocycles. The van der Waals surface area contributed by atoms with Gasteiger partial charge >= 0.3 is 5.97 Å². The van der Waals surface area contributed by atoms with Crippen molar-refractivity contribution in [2.24, 2.45) is 0 Å². The highest BCUT2D eigenvalue weighted by atomic mass is 32.2. The average Bonchev–Trinajstić information content (AvgIpc) is 3.19. The third-order valence-electron chi connectivity index (χ3n) is 4.05. The topological polar surface area (TPSA) is 85.4 Å². The minimum Gasteiger partial charge on any atom is -0.462 e. The Morgan fingerprint density at radius 2 is 1.79 bits per heavy atom. The second-order valence-corrected chi connectivity index (χ2v) is 10.2. The minimum atomic E-state index is -3.76. The molecular weight excluding hydrogens is 416 g/mol. The van der Waals surface area contributed by atoms with Gasteiger partial charge in [0.15, 0.2) is 0 Å². The quantitative estimate of drug-likeness (QED) is 0.562. The molecule has 0 radical (unpaired) electrons. The summed E-state index contributed by atoms with van der Waals surface area (Å²) in [5, 5.41) is 0.823. The van der Waals surface area contributed by atoms with Crippen LogP contribution in [-0.2, 0) is 14.8 Å². The Balaban J connectivity index is 1.84. The molecule has 6 nitrogen and oxygen atoms in total. The second-order valence-electron chi connectivity index (χ2n) is 6.10. The van der Waals surface area contributed by atoms with Crippen molar-refractivity contribution in [2.45, 2.75) is 32.6 Å². The number of rotatable bonds is 6. The number of benzene rings is 1. The Kier molecular flexibility index (Phi) is 5.87. The van der Waals surface area contributed by atoms with Gasteiger partial charge in [-0.15, -0.1) is 22.7 Å². The second kappa shape index (κ2) is 8.02. The van der Waals surface area contributed by atoms with Crippen LogP contribution in [0.2, 0.25) is 0 Å². The molecule has 0 aliphatic carbocycles. The molecule has 0 amide bonds. The van der Waals surface area contributed by atoms with Gasteiger partial charge in [-0.05, 0) is 58.0 Å². The molecule has 9 heteroatoms. The van der Waals surface area contributed by atoms with Crippen LogP contribution >= 0.6 is 22.7 Å². The molecule has 0 unspecified atom stereocenters. The van der Waals surface area contributed by atoms with Gasteiger partial charge in [-0.3, -0.25) is 4.72 Å². The number of thiazole rings is 1. The first kappa shape index (κ1) is 20.5. The van der Waals surface area contributed by atoms with Gasteiger partial charge in [0.25, 0.3) is 10.0 Å². The lowest BCUT2D eigenvalue weighted by Gasteiger charge is -2.08. The highest BCUT2D eigenvalue weighted by Gasteiger charge is 2.22. The predicted molar refractivity (Wildman–Crippen MR) is 113 cm³/mol. The Morgan fingerprint density at radius 3 is 2.36 bits per heavy atom. The molecule has 2 heterocycles. The normalized spacial score (nSPS) is 11.4. The van der Waals surface area contributed by atoms with E-state index >= 15 is 0 Å². The van der Waals surface area contributed by atoms with Crippen molar-refractivity contribution in [1.29, 1.82) is 0 Å². The molecule has 148 valence electrons. The molecule has 1 aromatic carbocycles. The Labute approximate surface area is 172 Å². The Hall–Kier alpha value is -2.23. The first-order valence-corrected chi connectivity index (χ1v) is 11.7. The van der Waals surface area contributed by atoms with Crippen LogP contribution in [0, 0.1) is 20.8 Å². The van der Waals surface area contributed by atoms with Crippen LogP contribution in [0.15, 0.2) is 35.2 Å². The zero-order valence-electron chi connectivity index (χ0n) is 15.9. The van der Waals surface area contributed by atoms with E-state index in [0.717, 1.165) is 20.5 Å². The maximum Gasteiger partial charge on any atom is 0.338 e. The van der Waals surface area contributed by atoms with Gasteiger partial charge in [0.05, 0.1) is 22.7 Å².